The van der Waals surface area contributed by atoms with Gasteiger partial charge in [0.25, 0.3) is 5.91 Å². The molecule has 2 rings (SSSR count). The van der Waals surface area contributed by atoms with E-state index in [1.807, 2.05) is 19.1 Å². The van der Waals surface area contributed by atoms with Crippen molar-refractivity contribution in [3.63, 3.8) is 0 Å². The molecule has 0 aliphatic heterocycles. The molecule has 1 aromatic heterocycles. The largest absolute Gasteiger partial charge is 0.351 e. The zero-order chi connectivity index (χ0) is 18.4. The molecule has 5 nitrogen and oxygen atoms in total. The quantitative estimate of drug-likeness (QED) is 0.767. The first-order valence-electron chi connectivity index (χ1n) is 8.81. The van der Waals surface area contributed by atoms with E-state index in [2.05, 4.69) is 60.4 Å². The highest BCUT2D eigenvalue weighted by molar-refractivity contribution is 5.92. The van der Waals surface area contributed by atoms with Crippen molar-refractivity contribution in [3.05, 3.63) is 47.3 Å². The van der Waals surface area contributed by atoms with Crippen LogP contribution < -0.4 is 10.6 Å². The molecule has 0 bridgehead atoms. The van der Waals surface area contributed by atoms with Gasteiger partial charge in [0.05, 0.1) is 0 Å². The SMILES string of the molecule is CCCCNC(=O)c1cc(C)nc(Nc2ccc(C(C)(C)C)cc2)n1. The Balaban J connectivity index is 2.13. The Kier molecular flexibility index (Phi) is 6.12. The topological polar surface area (TPSA) is 66.9 Å². The first-order chi connectivity index (χ1) is 11.8. The van der Waals surface area contributed by atoms with Gasteiger partial charge >= 0.3 is 0 Å². The molecule has 2 N–H and O–H groups in total. The Bertz CT molecular complexity index is 717. The maximum atomic E-state index is 12.2. The molecule has 0 unspecified atom stereocenters. The van der Waals surface area contributed by atoms with Crippen molar-refractivity contribution in [1.29, 1.82) is 0 Å². The minimum absolute atomic E-state index is 0.113. The molecule has 0 aliphatic rings. The Labute approximate surface area is 150 Å². The second-order valence-electron chi connectivity index (χ2n) is 7.28. The molecule has 2 aromatic rings. The fraction of sp³-hybridized carbons (Fsp3) is 0.450. The number of aryl methyl sites for hydroxylation is 1. The van der Waals surface area contributed by atoms with Crippen LogP contribution in [0.5, 0.6) is 0 Å². The fourth-order valence-corrected chi connectivity index (χ4v) is 2.39. The molecule has 0 spiro atoms. The number of nitrogens with one attached hydrogen (secondary N) is 2. The van der Waals surface area contributed by atoms with Crippen molar-refractivity contribution in [2.75, 3.05) is 11.9 Å². The van der Waals surface area contributed by atoms with Crippen LogP contribution in [-0.4, -0.2) is 22.4 Å². The summed E-state index contributed by atoms with van der Waals surface area (Å²) < 4.78 is 0. The van der Waals surface area contributed by atoms with E-state index in [4.69, 9.17) is 0 Å². The van der Waals surface area contributed by atoms with Crippen LogP contribution in [0.15, 0.2) is 30.3 Å². The molecule has 1 heterocycles. The summed E-state index contributed by atoms with van der Waals surface area (Å²) in [5.74, 6) is 0.272. The monoisotopic (exact) mass is 340 g/mol. The Morgan fingerprint density at radius 2 is 1.80 bits per heavy atom. The van der Waals surface area contributed by atoms with E-state index in [0.717, 1.165) is 24.2 Å². The van der Waals surface area contributed by atoms with Crippen molar-refractivity contribution in [3.8, 4) is 0 Å². The van der Waals surface area contributed by atoms with Crippen LogP contribution in [0.4, 0.5) is 11.6 Å². The second kappa shape index (κ2) is 8.10. The summed E-state index contributed by atoms with van der Waals surface area (Å²) in [6, 6.07) is 9.91. The van der Waals surface area contributed by atoms with Gasteiger partial charge in [-0.05, 0) is 42.5 Å². The Morgan fingerprint density at radius 1 is 1.12 bits per heavy atom. The van der Waals surface area contributed by atoms with Gasteiger partial charge < -0.3 is 10.6 Å². The third-order valence-electron chi connectivity index (χ3n) is 3.91. The zero-order valence-electron chi connectivity index (χ0n) is 15.8. The Morgan fingerprint density at radius 3 is 2.40 bits per heavy atom. The highest BCUT2D eigenvalue weighted by atomic mass is 16.1. The molecular formula is C20H28N4O. The summed E-state index contributed by atoms with van der Waals surface area (Å²) in [6.45, 7) is 11.2. The fourth-order valence-electron chi connectivity index (χ4n) is 2.39. The maximum absolute atomic E-state index is 12.2. The number of nitrogens with zero attached hydrogens (tertiary/aromatic N) is 2. The molecule has 5 heteroatoms. The van der Waals surface area contributed by atoms with Crippen LogP contribution >= 0.6 is 0 Å². The molecule has 25 heavy (non-hydrogen) atoms. The van der Waals surface area contributed by atoms with E-state index in [1.165, 1.54) is 5.56 Å². The summed E-state index contributed by atoms with van der Waals surface area (Å²) in [4.78, 5) is 20.9. The van der Waals surface area contributed by atoms with Crippen molar-refractivity contribution >= 4 is 17.5 Å². The normalized spacial score (nSPS) is 11.2. The highest BCUT2D eigenvalue weighted by Crippen LogP contribution is 2.24. The van der Waals surface area contributed by atoms with Crippen LogP contribution in [0.2, 0.25) is 0 Å². The minimum Gasteiger partial charge on any atom is -0.351 e. The van der Waals surface area contributed by atoms with E-state index < -0.39 is 0 Å². The maximum Gasteiger partial charge on any atom is 0.270 e. The van der Waals surface area contributed by atoms with E-state index >= 15 is 0 Å². The number of hydrogen-bond donors (Lipinski definition) is 2. The molecule has 0 atom stereocenters. The summed E-state index contributed by atoms with van der Waals surface area (Å²) in [7, 11) is 0. The molecule has 1 aromatic carbocycles. The number of anilines is 2. The van der Waals surface area contributed by atoms with Gasteiger partial charge in [-0.25, -0.2) is 9.97 Å². The summed E-state index contributed by atoms with van der Waals surface area (Å²) in [5.41, 5.74) is 3.42. The molecular weight excluding hydrogens is 312 g/mol. The first kappa shape index (κ1) is 18.9. The van der Waals surface area contributed by atoms with Gasteiger partial charge in [0.2, 0.25) is 5.95 Å². The van der Waals surface area contributed by atoms with E-state index in [1.54, 1.807) is 6.07 Å². The van der Waals surface area contributed by atoms with Crippen molar-refractivity contribution < 1.29 is 4.79 Å². The standard InChI is InChI=1S/C20H28N4O/c1-6-7-12-21-18(25)17-13-14(2)22-19(24-17)23-16-10-8-15(9-11-16)20(3,4)5/h8-11,13H,6-7,12H2,1-5H3,(H,21,25)(H,22,23,24). The lowest BCUT2D eigenvalue weighted by Gasteiger charge is -2.19. The molecule has 0 radical (unpaired) electrons. The van der Waals surface area contributed by atoms with Crippen LogP contribution in [0, 0.1) is 6.92 Å². The van der Waals surface area contributed by atoms with Gasteiger partial charge in [-0.1, -0.05) is 46.2 Å². The third-order valence-corrected chi connectivity index (χ3v) is 3.91. The summed E-state index contributed by atoms with van der Waals surface area (Å²) in [5, 5.41) is 6.07. The van der Waals surface area contributed by atoms with Crippen LogP contribution in [0.25, 0.3) is 0 Å². The predicted molar refractivity (Wildman–Crippen MR) is 102 cm³/mol. The molecule has 134 valence electrons. The lowest BCUT2D eigenvalue weighted by atomic mass is 9.87. The van der Waals surface area contributed by atoms with Gasteiger partial charge in [-0.2, -0.15) is 0 Å². The average molecular weight is 340 g/mol. The van der Waals surface area contributed by atoms with Crippen molar-refractivity contribution in [2.24, 2.45) is 0 Å². The van der Waals surface area contributed by atoms with E-state index in [-0.39, 0.29) is 11.3 Å². The van der Waals surface area contributed by atoms with Crippen molar-refractivity contribution in [1.82, 2.24) is 15.3 Å². The van der Waals surface area contributed by atoms with Crippen LogP contribution in [0.3, 0.4) is 0 Å². The first-order valence-corrected chi connectivity index (χ1v) is 8.81. The molecule has 1 amide bonds. The number of carbonyl (C=O) groups excluding carboxylic acids is 1. The Hall–Kier alpha value is -2.43. The number of benzene rings is 1. The second-order valence-corrected chi connectivity index (χ2v) is 7.28. The number of unbranched alkanes of at least 4 members (excludes halogenated alkanes) is 1. The van der Waals surface area contributed by atoms with Crippen LogP contribution in [0.1, 0.15) is 62.3 Å². The van der Waals surface area contributed by atoms with Gasteiger partial charge in [0, 0.05) is 17.9 Å². The number of aromatic nitrogens is 2. The van der Waals surface area contributed by atoms with Gasteiger partial charge in [0.1, 0.15) is 5.69 Å². The van der Waals surface area contributed by atoms with Gasteiger partial charge in [-0.15, -0.1) is 0 Å². The average Bonchev–Trinajstić information content (AvgIpc) is 2.54. The number of amides is 1. The van der Waals surface area contributed by atoms with E-state index in [0.29, 0.717) is 18.2 Å². The molecule has 0 fully saturated rings. The number of hydrogen-bond acceptors (Lipinski definition) is 4. The summed E-state index contributed by atoms with van der Waals surface area (Å²) in [6.07, 6.45) is 2.00. The smallest absolute Gasteiger partial charge is 0.270 e. The molecule has 0 saturated heterocycles. The minimum atomic E-state index is -0.162. The zero-order valence-corrected chi connectivity index (χ0v) is 15.8. The summed E-state index contributed by atoms with van der Waals surface area (Å²) >= 11 is 0. The lowest BCUT2D eigenvalue weighted by Crippen LogP contribution is -2.25. The van der Waals surface area contributed by atoms with E-state index in [9.17, 15) is 4.79 Å². The predicted octanol–water partition coefficient (Wildman–Crippen LogP) is 4.36. The van der Waals surface area contributed by atoms with Gasteiger partial charge in [0.15, 0.2) is 0 Å². The number of carbonyl (C=O) groups is 1. The van der Waals surface area contributed by atoms with Crippen LogP contribution in [-0.2, 0) is 5.41 Å². The van der Waals surface area contributed by atoms with Crippen molar-refractivity contribution in [2.45, 2.75) is 52.9 Å². The van der Waals surface area contributed by atoms with Gasteiger partial charge in [-0.3, -0.25) is 4.79 Å². The third kappa shape index (κ3) is 5.55. The highest BCUT2D eigenvalue weighted by Gasteiger charge is 2.13. The molecule has 0 saturated carbocycles. The lowest BCUT2D eigenvalue weighted by molar-refractivity contribution is 0.0948. The number of rotatable bonds is 6. The molecule has 0 aliphatic carbocycles.